The van der Waals surface area contributed by atoms with Crippen molar-refractivity contribution in [3.63, 3.8) is 0 Å². The molecule has 2 rings (SSSR count). The van der Waals surface area contributed by atoms with Crippen LogP contribution >= 0.6 is 12.2 Å². The summed E-state index contributed by atoms with van der Waals surface area (Å²) < 4.78 is 4.60. The Morgan fingerprint density at radius 3 is 2.41 bits per heavy atom. The average Bonchev–Trinajstić information content (AvgIpc) is 2.63. The van der Waals surface area contributed by atoms with Gasteiger partial charge in [-0.3, -0.25) is 19.9 Å². The van der Waals surface area contributed by atoms with Gasteiger partial charge in [0.2, 0.25) is 5.91 Å². The molecule has 0 spiro atoms. The van der Waals surface area contributed by atoms with E-state index in [-0.39, 0.29) is 10.8 Å². The standard InChI is InChI=1S/C14H13N3O4S/c1-9(18)17-11(13(20)21-2)8-12(19)16(14(22)15-17)10-6-4-3-5-7-10/h3-8H,1-2H3,(H,15,22). The van der Waals surface area contributed by atoms with Gasteiger partial charge in [-0.2, -0.15) is 0 Å². The average molecular weight is 319 g/mol. The molecule has 2 amide bonds. The first-order chi connectivity index (χ1) is 10.5. The molecule has 0 bridgehead atoms. The number of anilines is 1. The van der Waals surface area contributed by atoms with Crippen LogP contribution in [0, 0.1) is 0 Å². The van der Waals surface area contributed by atoms with Crippen LogP contribution in [0.15, 0.2) is 42.1 Å². The number of para-hydroxylation sites is 1. The zero-order chi connectivity index (χ0) is 16.3. The topological polar surface area (TPSA) is 79.0 Å². The minimum atomic E-state index is -0.825. The predicted molar refractivity (Wildman–Crippen MR) is 82.3 cm³/mol. The van der Waals surface area contributed by atoms with E-state index in [1.54, 1.807) is 30.3 Å². The zero-order valence-corrected chi connectivity index (χ0v) is 12.7. The Balaban J connectivity index is 2.49. The third-order valence-corrected chi connectivity index (χ3v) is 3.13. The first-order valence-corrected chi connectivity index (χ1v) is 6.67. The third kappa shape index (κ3) is 2.96. The molecule has 0 aromatic heterocycles. The Labute approximate surface area is 132 Å². The lowest BCUT2D eigenvalue weighted by atomic mass is 10.3. The summed E-state index contributed by atoms with van der Waals surface area (Å²) in [6, 6.07) is 8.63. The van der Waals surface area contributed by atoms with E-state index in [1.807, 2.05) is 0 Å². The second kappa shape index (κ2) is 6.35. The summed E-state index contributed by atoms with van der Waals surface area (Å²) in [5.41, 5.74) is 2.85. The Bertz CT molecular complexity index is 672. The van der Waals surface area contributed by atoms with E-state index in [4.69, 9.17) is 12.2 Å². The van der Waals surface area contributed by atoms with Crippen molar-refractivity contribution in [3.8, 4) is 0 Å². The number of carbonyl (C=O) groups excluding carboxylic acids is 3. The molecule has 114 valence electrons. The maximum Gasteiger partial charge on any atom is 0.356 e. The Hall–Kier alpha value is -2.74. The molecule has 1 aromatic carbocycles. The molecule has 0 aliphatic carbocycles. The number of nitrogens with one attached hydrogen (secondary N) is 1. The van der Waals surface area contributed by atoms with Gasteiger partial charge < -0.3 is 4.74 Å². The number of thiocarbonyl (C=S) groups is 1. The molecule has 0 unspecified atom stereocenters. The van der Waals surface area contributed by atoms with Gasteiger partial charge in [-0.25, -0.2) is 9.80 Å². The number of hydrogen-bond donors (Lipinski definition) is 1. The van der Waals surface area contributed by atoms with E-state index in [2.05, 4.69) is 10.2 Å². The number of nitrogens with zero attached hydrogens (tertiary/aromatic N) is 2. The van der Waals surface area contributed by atoms with Gasteiger partial charge in [-0.15, -0.1) is 0 Å². The van der Waals surface area contributed by atoms with Crippen LogP contribution < -0.4 is 10.3 Å². The lowest BCUT2D eigenvalue weighted by molar-refractivity contribution is -0.142. The Morgan fingerprint density at radius 1 is 1.23 bits per heavy atom. The normalized spacial score (nSPS) is 14.9. The number of carbonyl (C=O) groups is 3. The lowest BCUT2D eigenvalue weighted by Crippen LogP contribution is -2.50. The van der Waals surface area contributed by atoms with Crippen molar-refractivity contribution in [1.29, 1.82) is 0 Å². The van der Waals surface area contributed by atoms with Crippen LogP contribution in [0.4, 0.5) is 5.69 Å². The number of rotatable bonds is 2. The molecule has 0 fully saturated rings. The van der Waals surface area contributed by atoms with Crippen LogP contribution in [0.2, 0.25) is 0 Å². The highest BCUT2D eigenvalue weighted by Crippen LogP contribution is 2.18. The monoisotopic (exact) mass is 319 g/mol. The highest BCUT2D eigenvalue weighted by atomic mass is 32.1. The summed E-state index contributed by atoms with van der Waals surface area (Å²) in [6.07, 6.45) is 1.01. The van der Waals surface area contributed by atoms with Gasteiger partial charge in [0.1, 0.15) is 0 Å². The van der Waals surface area contributed by atoms with Crippen molar-refractivity contribution < 1.29 is 19.1 Å². The van der Waals surface area contributed by atoms with Crippen molar-refractivity contribution in [2.45, 2.75) is 6.92 Å². The summed E-state index contributed by atoms with van der Waals surface area (Å²) in [6.45, 7) is 1.23. The number of hydrogen-bond acceptors (Lipinski definition) is 5. The first-order valence-electron chi connectivity index (χ1n) is 6.26. The molecule has 7 nitrogen and oxygen atoms in total. The molecule has 1 N–H and O–H groups in total. The minimum absolute atomic E-state index is 0.0263. The molecule has 0 radical (unpaired) electrons. The maximum atomic E-state index is 12.4. The molecule has 1 aromatic rings. The Morgan fingerprint density at radius 2 is 1.86 bits per heavy atom. The van der Waals surface area contributed by atoms with Crippen molar-refractivity contribution >= 4 is 40.8 Å². The Kier molecular flexibility index (Phi) is 4.52. The summed E-state index contributed by atoms with van der Waals surface area (Å²) in [5, 5.41) is 0.858. The fourth-order valence-electron chi connectivity index (χ4n) is 1.88. The van der Waals surface area contributed by atoms with Crippen molar-refractivity contribution in [1.82, 2.24) is 10.4 Å². The van der Waals surface area contributed by atoms with Gasteiger partial charge in [-0.05, 0) is 24.4 Å². The molecule has 0 atom stereocenters. The maximum absolute atomic E-state index is 12.4. The van der Waals surface area contributed by atoms with Crippen LogP contribution in [0.25, 0.3) is 0 Å². The fourth-order valence-corrected chi connectivity index (χ4v) is 2.16. The van der Waals surface area contributed by atoms with Gasteiger partial charge in [-0.1, -0.05) is 18.2 Å². The van der Waals surface area contributed by atoms with E-state index >= 15 is 0 Å². The van der Waals surface area contributed by atoms with E-state index < -0.39 is 17.8 Å². The fraction of sp³-hybridized carbons (Fsp3) is 0.143. The molecule has 1 aliphatic heterocycles. The minimum Gasteiger partial charge on any atom is -0.464 e. The van der Waals surface area contributed by atoms with Gasteiger partial charge in [0, 0.05) is 13.0 Å². The van der Waals surface area contributed by atoms with Gasteiger partial charge >= 0.3 is 5.97 Å². The first kappa shape index (κ1) is 15.6. The molecular formula is C14H13N3O4S. The summed E-state index contributed by atoms with van der Waals surface area (Å²) in [5.74, 6) is -1.90. The van der Waals surface area contributed by atoms with E-state index in [0.717, 1.165) is 18.2 Å². The number of amides is 2. The van der Waals surface area contributed by atoms with Gasteiger partial charge in [0.25, 0.3) is 5.91 Å². The molecule has 1 aliphatic rings. The zero-order valence-electron chi connectivity index (χ0n) is 11.9. The van der Waals surface area contributed by atoms with Crippen LogP contribution in [0.5, 0.6) is 0 Å². The molecule has 22 heavy (non-hydrogen) atoms. The van der Waals surface area contributed by atoms with Crippen LogP contribution in [-0.2, 0) is 19.1 Å². The summed E-state index contributed by atoms with van der Waals surface area (Å²) >= 11 is 5.16. The number of benzene rings is 1. The van der Waals surface area contributed by atoms with Crippen molar-refractivity contribution in [2.24, 2.45) is 0 Å². The SMILES string of the molecule is COC(=O)C1=CC(=O)N(c2ccccc2)C(=S)NN1C(C)=O. The number of esters is 1. The number of hydrazine groups is 1. The predicted octanol–water partition coefficient (Wildman–Crippen LogP) is 0.728. The molecule has 0 saturated carbocycles. The molecule has 1 heterocycles. The highest BCUT2D eigenvalue weighted by Gasteiger charge is 2.32. The molecule has 8 heteroatoms. The number of methoxy groups -OCH3 is 1. The van der Waals surface area contributed by atoms with Gasteiger partial charge in [0.15, 0.2) is 10.8 Å². The molecular weight excluding hydrogens is 306 g/mol. The largest absolute Gasteiger partial charge is 0.464 e. The highest BCUT2D eigenvalue weighted by molar-refractivity contribution is 7.80. The van der Waals surface area contributed by atoms with E-state index in [9.17, 15) is 14.4 Å². The van der Waals surface area contributed by atoms with Gasteiger partial charge in [0.05, 0.1) is 12.8 Å². The smallest absolute Gasteiger partial charge is 0.356 e. The van der Waals surface area contributed by atoms with Crippen molar-refractivity contribution in [3.05, 3.63) is 42.1 Å². The summed E-state index contributed by atoms with van der Waals surface area (Å²) in [7, 11) is 1.16. The van der Waals surface area contributed by atoms with E-state index in [1.165, 1.54) is 11.8 Å². The van der Waals surface area contributed by atoms with Crippen LogP contribution in [-0.4, -0.2) is 35.0 Å². The summed E-state index contributed by atoms with van der Waals surface area (Å²) in [4.78, 5) is 37.1. The lowest BCUT2D eigenvalue weighted by Gasteiger charge is -2.25. The second-order valence-corrected chi connectivity index (χ2v) is 4.69. The van der Waals surface area contributed by atoms with Crippen molar-refractivity contribution in [2.75, 3.05) is 12.0 Å². The van der Waals surface area contributed by atoms with Crippen LogP contribution in [0.1, 0.15) is 6.92 Å². The second-order valence-electron chi connectivity index (χ2n) is 4.30. The number of ether oxygens (including phenoxy) is 1. The van der Waals surface area contributed by atoms with E-state index in [0.29, 0.717) is 5.69 Å². The quantitative estimate of drug-likeness (QED) is 0.639. The third-order valence-electron chi connectivity index (χ3n) is 2.86. The van der Waals surface area contributed by atoms with Crippen LogP contribution in [0.3, 0.4) is 0 Å². The molecule has 0 saturated heterocycles.